The van der Waals surface area contributed by atoms with E-state index in [0.29, 0.717) is 19.3 Å². The quantitative estimate of drug-likeness (QED) is 0.0261. The van der Waals surface area contributed by atoms with Gasteiger partial charge < -0.3 is 14.2 Å². The van der Waals surface area contributed by atoms with Crippen LogP contribution in [0.2, 0.25) is 0 Å². The van der Waals surface area contributed by atoms with E-state index in [1.807, 2.05) is 0 Å². The molecule has 0 aromatic carbocycles. The van der Waals surface area contributed by atoms with Gasteiger partial charge in [0.05, 0.1) is 0 Å². The Morgan fingerprint density at radius 1 is 0.288 bits per heavy atom. The fourth-order valence-corrected chi connectivity index (χ4v) is 9.25. The summed E-state index contributed by atoms with van der Waals surface area (Å²) in [5, 5.41) is 0. The zero-order valence-corrected chi connectivity index (χ0v) is 48.7. The molecular weight excluding hydrogens is 901 g/mol. The van der Waals surface area contributed by atoms with E-state index < -0.39 is 6.10 Å². The predicted molar refractivity (Wildman–Crippen MR) is 316 cm³/mol. The molecule has 73 heavy (non-hydrogen) atoms. The number of hydrogen-bond donors (Lipinski definition) is 0. The summed E-state index contributed by atoms with van der Waals surface area (Å²) in [5.74, 6) is -0.880. The summed E-state index contributed by atoms with van der Waals surface area (Å²) < 4.78 is 16.7. The van der Waals surface area contributed by atoms with Gasteiger partial charge in [0.1, 0.15) is 13.2 Å². The van der Waals surface area contributed by atoms with E-state index in [2.05, 4.69) is 81.5 Å². The van der Waals surface area contributed by atoms with Crippen molar-refractivity contribution in [3.8, 4) is 0 Å². The van der Waals surface area contributed by atoms with E-state index in [9.17, 15) is 14.4 Å². The second-order valence-electron chi connectivity index (χ2n) is 21.3. The number of carbonyl (C=O) groups excluding carboxylic acids is 3. The molecule has 424 valence electrons. The standard InChI is InChI=1S/C67H120O6/c1-4-7-10-13-15-17-19-21-23-24-25-26-27-28-29-30-31-32-33-34-35-36-37-38-39-40-41-42-44-45-47-49-51-54-57-60-66(69)72-63-64(62-71-65(68)59-56-53-12-9-6-3)73-67(70)61-58-55-52-50-48-46-43-22-20-18-16-14-11-8-5-2/h7,10,15,17,21-23,25-26,43,64H,4-6,8-9,11-14,16,18-20,24,27-42,44-63H2,1-3H3/b10-7-,17-15-,23-21-,26-25-,43-22-. The minimum Gasteiger partial charge on any atom is -0.462 e. The highest BCUT2D eigenvalue weighted by Gasteiger charge is 2.19. The molecule has 0 saturated heterocycles. The molecule has 0 aromatic heterocycles. The average Bonchev–Trinajstić information content (AvgIpc) is 3.39. The molecule has 0 aromatic rings. The molecule has 0 aliphatic rings. The van der Waals surface area contributed by atoms with Crippen molar-refractivity contribution in [1.29, 1.82) is 0 Å². The first kappa shape index (κ1) is 70.1. The highest BCUT2D eigenvalue weighted by molar-refractivity contribution is 5.71. The van der Waals surface area contributed by atoms with Crippen LogP contribution in [-0.4, -0.2) is 37.2 Å². The van der Waals surface area contributed by atoms with Crippen LogP contribution >= 0.6 is 0 Å². The van der Waals surface area contributed by atoms with E-state index in [1.165, 1.54) is 193 Å². The lowest BCUT2D eigenvalue weighted by atomic mass is 10.0. The Bertz CT molecular complexity index is 1310. The summed E-state index contributed by atoms with van der Waals surface area (Å²) in [5.41, 5.74) is 0. The van der Waals surface area contributed by atoms with Gasteiger partial charge in [0.2, 0.25) is 0 Å². The molecule has 0 bridgehead atoms. The lowest BCUT2D eigenvalue weighted by Crippen LogP contribution is -2.30. The van der Waals surface area contributed by atoms with Crippen molar-refractivity contribution in [2.75, 3.05) is 13.2 Å². The summed E-state index contributed by atoms with van der Waals surface area (Å²) in [6.45, 7) is 6.46. The van der Waals surface area contributed by atoms with Crippen LogP contribution in [0.1, 0.15) is 329 Å². The van der Waals surface area contributed by atoms with Gasteiger partial charge in [-0.1, -0.05) is 287 Å². The molecule has 0 aliphatic heterocycles. The number of carbonyl (C=O) groups is 3. The van der Waals surface area contributed by atoms with Gasteiger partial charge in [-0.3, -0.25) is 14.4 Å². The van der Waals surface area contributed by atoms with Gasteiger partial charge in [-0.25, -0.2) is 0 Å². The second kappa shape index (κ2) is 61.7. The molecule has 0 amide bonds. The van der Waals surface area contributed by atoms with Gasteiger partial charge in [-0.2, -0.15) is 0 Å². The zero-order valence-electron chi connectivity index (χ0n) is 48.7. The van der Waals surface area contributed by atoms with Gasteiger partial charge in [0.25, 0.3) is 0 Å². The van der Waals surface area contributed by atoms with Gasteiger partial charge >= 0.3 is 17.9 Å². The smallest absolute Gasteiger partial charge is 0.306 e. The summed E-state index contributed by atoms with van der Waals surface area (Å²) in [6, 6.07) is 0. The van der Waals surface area contributed by atoms with Crippen LogP contribution in [0.3, 0.4) is 0 Å². The first-order chi connectivity index (χ1) is 36.0. The number of ether oxygens (including phenoxy) is 3. The Labute approximate surface area is 453 Å². The van der Waals surface area contributed by atoms with Crippen LogP contribution in [0.25, 0.3) is 0 Å². The molecule has 0 heterocycles. The van der Waals surface area contributed by atoms with Crippen molar-refractivity contribution < 1.29 is 28.6 Å². The largest absolute Gasteiger partial charge is 0.462 e. The number of hydrogen-bond acceptors (Lipinski definition) is 6. The predicted octanol–water partition coefficient (Wildman–Crippen LogP) is 21.6. The molecule has 0 radical (unpaired) electrons. The molecule has 0 fully saturated rings. The van der Waals surface area contributed by atoms with Crippen LogP contribution in [0.4, 0.5) is 0 Å². The average molecular weight is 1020 g/mol. The van der Waals surface area contributed by atoms with Gasteiger partial charge in [-0.05, 0) is 83.5 Å². The Morgan fingerprint density at radius 3 is 0.849 bits per heavy atom. The summed E-state index contributed by atoms with van der Waals surface area (Å²) in [7, 11) is 0. The first-order valence-electron chi connectivity index (χ1n) is 31.8. The van der Waals surface area contributed by atoms with Crippen molar-refractivity contribution in [3.05, 3.63) is 60.8 Å². The fraction of sp³-hybridized carbons (Fsp3) is 0.806. The van der Waals surface area contributed by atoms with Gasteiger partial charge in [0.15, 0.2) is 6.10 Å². The third-order valence-corrected chi connectivity index (χ3v) is 14.0. The topological polar surface area (TPSA) is 78.9 Å². The van der Waals surface area contributed by atoms with Crippen LogP contribution in [-0.2, 0) is 28.6 Å². The molecule has 1 unspecified atom stereocenters. The molecular formula is C67H120O6. The Hall–Kier alpha value is -2.89. The highest BCUT2D eigenvalue weighted by atomic mass is 16.6. The summed E-state index contributed by atoms with van der Waals surface area (Å²) in [6.07, 6.45) is 78.7. The van der Waals surface area contributed by atoms with Crippen LogP contribution in [0, 0.1) is 0 Å². The number of allylic oxidation sites excluding steroid dienone is 10. The van der Waals surface area contributed by atoms with E-state index in [1.54, 1.807) is 0 Å². The zero-order chi connectivity index (χ0) is 52.9. The Morgan fingerprint density at radius 2 is 0.534 bits per heavy atom. The molecule has 6 nitrogen and oxygen atoms in total. The number of unbranched alkanes of at least 4 members (excludes halogenated alkanes) is 37. The minimum atomic E-state index is -0.771. The van der Waals surface area contributed by atoms with E-state index in [4.69, 9.17) is 14.2 Å². The lowest BCUT2D eigenvalue weighted by molar-refractivity contribution is -0.167. The minimum absolute atomic E-state index is 0.0728. The van der Waals surface area contributed by atoms with Gasteiger partial charge in [0, 0.05) is 19.3 Å². The van der Waals surface area contributed by atoms with Gasteiger partial charge in [-0.15, -0.1) is 0 Å². The van der Waals surface area contributed by atoms with Crippen molar-refractivity contribution >= 4 is 17.9 Å². The van der Waals surface area contributed by atoms with Crippen molar-refractivity contribution in [1.82, 2.24) is 0 Å². The molecule has 0 N–H and O–H groups in total. The van der Waals surface area contributed by atoms with Crippen molar-refractivity contribution in [2.24, 2.45) is 0 Å². The SMILES string of the molecule is CC/C=C\C/C=C\C/C=C\C/C=C\CCCCCCCCCCCCCCCCCCCCCCCCC(=O)OCC(COC(=O)CCCCCCC)OC(=O)CCCCCCC/C=C\CCCCCCCC. The third kappa shape index (κ3) is 59.9. The maximum Gasteiger partial charge on any atom is 0.306 e. The summed E-state index contributed by atoms with van der Waals surface area (Å²) >= 11 is 0. The lowest BCUT2D eigenvalue weighted by Gasteiger charge is -2.18. The van der Waals surface area contributed by atoms with Crippen LogP contribution in [0.15, 0.2) is 60.8 Å². The highest BCUT2D eigenvalue weighted by Crippen LogP contribution is 2.17. The second-order valence-corrected chi connectivity index (χ2v) is 21.3. The van der Waals surface area contributed by atoms with Crippen molar-refractivity contribution in [2.45, 2.75) is 335 Å². The van der Waals surface area contributed by atoms with Crippen LogP contribution in [0.5, 0.6) is 0 Å². The Kier molecular flexibility index (Phi) is 59.2. The number of esters is 3. The third-order valence-electron chi connectivity index (χ3n) is 14.0. The molecule has 0 saturated carbocycles. The maximum atomic E-state index is 12.8. The summed E-state index contributed by atoms with van der Waals surface area (Å²) in [4.78, 5) is 37.8. The maximum absolute atomic E-state index is 12.8. The molecule has 6 heteroatoms. The fourth-order valence-electron chi connectivity index (χ4n) is 9.25. The van der Waals surface area contributed by atoms with Crippen LogP contribution < -0.4 is 0 Å². The molecule has 1 atom stereocenters. The monoisotopic (exact) mass is 1020 g/mol. The first-order valence-corrected chi connectivity index (χ1v) is 31.8. The number of rotatable bonds is 58. The van der Waals surface area contributed by atoms with E-state index in [0.717, 1.165) is 96.3 Å². The molecule has 0 rings (SSSR count). The van der Waals surface area contributed by atoms with E-state index in [-0.39, 0.29) is 31.1 Å². The van der Waals surface area contributed by atoms with Crippen molar-refractivity contribution in [3.63, 3.8) is 0 Å². The normalized spacial score (nSPS) is 12.4. The Balaban J connectivity index is 3.87. The molecule has 0 aliphatic carbocycles. The van der Waals surface area contributed by atoms with E-state index >= 15 is 0 Å². The molecule has 0 spiro atoms.